The lowest BCUT2D eigenvalue weighted by Gasteiger charge is -2.05. The van der Waals surface area contributed by atoms with Crippen LogP contribution in [0.25, 0.3) is 0 Å². The van der Waals surface area contributed by atoms with Crippen molar-refractivity contribution in [3.05, 3.63) is 30.3 Å². The van der Waals surface area contributed by atoms with Crippen molar-refractivity contribution in [3.63, 3.8) is 0 Å². The summed E-state index contributed by atoms with van der Waals surface area (Å²) >= 11 is 0. The van der Waals surface area contributed by atoms with Gasteiger partial charge in [0.2, 0.25) is 0 Å². The first-order chi connectivity index (χ1) is 6.14. The number of rotatable bonds is 4. The normalized spacial score (nSPS) is 11.2. The van der Waals surface area contributed by atoms with E-state index in [2.05, 4.69) is 4.72 Å². The van der Waals surface area contributed by atoms with E-state index in [0.29, 0.717) is 12.3 Å². The number of nitrogens with one attached hydrogen (secondary N) is 1. The molecule has 0 heterocycles. The molecule has 0 atom stereocenters. The molecule has 0 aliphatic heterocycles. The van der Waals surface area contributed by atoms with Gasteiger partial charge in [-0.25, -0.2) is 0 Å². The number of benzene rings is 1. The van der Waals surface area contributed by atoms with Crippen LogP contribution in [-0.4, -0.2) is 15.0 Å². The van der Waals surface area contributed by atoms with Gasteiger partial charge in [-0.3, -0.25) is 0 Å². The molecule has 0 unspecified atom stereocenters. The molecule has 1 N–H and O–H groups in total. The molecule has 1 rings (SSSR count). The monoisotopic (exact) mass is 201 g/mol. The van der Waals surface area contributed by atoms with Crippen molar-refractivity contribution in [2.75, 3.05) is 6.54 Å². The highest BCUT2D eigenvalue weighted by atomic mass is 32.2. The van der Waals surface area contributed by atoms with Crippen molar-refractivity contribution in [1.82, 2.24) is 4.72 Å². The predicted molar refractivity (Wildman–Crippen MR) is 49.7 cm³/mol. The molecule has 4 nitrogen and oxygen atoms in total. The highest BCUT2D eigenvalue weighted by Crippen LogP contribution is 2.10. The number of hydrogen-bond acceptors (Lipinski definition) is 3. The van der Waals surface area contributed by atoms with Crippen LogP contribution in [0.15, 0.2) is 30.3 Å². The second-order valence-electron chi connectivity index (χ2n) is 2.35. The quantitative estimate of drug-likeness (QED) is 0.788. The van der Waals surface area contributed by atoms with Crippen LogP contribution in [0.4, 0.5) is 0 Å². The van der Waals surface area contributed by atoms with Crippen molar-refractivity contribution >= 4 is 10.3 Å². The topological polar surface area (TPSA) is 55.4 Å². The van der Waals surface area contributed by atoms with Gasteiger partial charge < -0.3 is 4.18 Å². The largest absolute Gasteiger partial charge is 0.382 e. The van der Waals surface area contributed by atoms with Gasteiger partial charge in [0.15, 0.2) is 0 Å². The van der Waals surface area contributed by atoms with Gasteiger partial charge in [-0.1, -0.05) is 25.1 Å². The fourth-order valence-corrected chi connectivity index (χ4v) is 1.59. The molecular formula is C8H11NO3S. The van der Waals surface area contributed by atoms with Crippen LogP contribution >= 0.6 is 0 Å². The minimum absolute atomic E-state index is 0.309. The standard InChI is InChI=1S/C8H11NO3S/c1-2-9-13(10,11)12-8-6-4-3-5-7-8/h3-7,9H,2H2,1H3. The fraction of sp³-hybridized carbons (Fsp3) is 0.250. The zero-order chi connectivity index (χ0) is 9.73. The molecule has 0 saturated carbocycles. The molecule has 72 valence electrons. The molecule has 0 aliphatic carbocycles. The van der Waals surface area contributed by atoms with Crippen molar-refractivity contribution in [2.24, 2.45) is 0 Å². The van der Waals surface area contributed by atoms with Gasteiger partial charge >= 0.3 is 10.3 Å². The Balaban J connectivity index is 2.70. The van der Waals surface area contributed by atoms with E-state index in [-0.39, 0.29) is 0 Å². The summed E-state index contributed by atoms with van der Waals surface area (Å²) < 4.78 is 29.1. The highest BCUT2D eigenvalue weighted by molar-refractivity contribution is 7.85. The summed E-state index contributed by atoms with van der Waals surface area (Å²) in [5.74, 6) is 0.309. The molecule has 1 aromatic carbocycles. The van der Waals surface area contributed by atoms with E-state index < -0.39 is 10.3 Å². The SMILES string of the molecule is CCNS(=O)(=O)Oc1ccccc1. The molecule has 0 aromatic heterocycles. The Kier molecular flexibility index (Phi) is 3.27. The Labute approximate surface area is 77.8 Å². The average molecular weight is 201 g/mol. The lowest BCUT2D eigenvalue weighted by molar-refractivity contribution is 0.473. The molecule has 5 heteroatoms. The molecule has 0 aliphatic rings. The van der Waals surface area contributed by atoms with E-state index in [4.69, 9.17) is 4.18 Å². The zero-order valence-corrected chi connectivity index (χ0v) is 8.04. The number of para-hydroxylation sites is 1. The maximum absolute atomic E-state index is 11.1. The highest BCUT2D eigenvalue weighted by Gasteiger charge is 2.08. The maximum Gasteiger partial charge on any atom is 0.382 e. The Bertz CT molecular complexity index is 347. The zero-order valence-electron chi connectivity index (χ0n) is 7.23. The molecule has 0 spiro atoms. The average Bonchev–Trinajstić information content (AvgIpc) is 2.04. The summed E-state index contributed by atoms with van der Waals surface area (Å²) in [6.45, 7) is 2.00. The smallest absolute Gasteiger partial charge is 0.371 e. The summed E-state index contributed by atoms with van der Waals surface area (Å²) in [7, 11) is -3.63. The first-order valence-corrected chi connectivity index (χ1v) is 5.29. The van der Waals surface area contributed by atoms with Crippen LogP contribution in [0.5, 0.6) is 5.75 Å². The molecule has 0 saturated heterocycles. The number of hydrogen-bond donors (Lipinski definition) is 1. The summed E-state index contributed by atoms with van der Waals surface area (Å²) in [6, 6.07) is 8.35. The van der Waals surface area contributed by atoms with Crippen LogP contribution in [0.1, 0.15) is 6.92 Å². The lowest BCUT2D eigenvalue weighted by atomic mass is 10.3. The van der Waals surface area contributed by atoms with E-state index in [0.717, 1.165) is 0 Å². The summed E-state index contributed by atoms with van der Waals surface area (Å²) in [4.78, 5) is 0. The Morgan fingerprint density at radius 1 is 1.31 bits per heavy atom. The van der Waals surface area contributed by atoms with Gasteiger partial charge in [0.1, 0.15) is 5.75 Å². The van der Waals surface area contributed by atoms with Crippen LogP contribution in [-0.2, 0) is 10.3 Å². The van der Waals surface area contributed by atoms with Crippen molar-refractivity contribution in [1.29, 1.82) is 0 Å². The van der Waals surface area contributed by atoms with E-state index in [9.17, 15) is 8.42 Å². The molecular weight excluding hydrogens is 190 g/mol. The molecule has 13 heavy (non-hydrogen) atoms. The summed E-state index contributed by atoms with van der Waals surface area (Å²) in [5, 5.41) is 0. The lowest BCUT2D eigenvalue weighted by Crippen LogP contribution is -2.27. The molecule has 0 amide bonds. The first-order valence-electron chi connectivity index (χ1n) is 3.88. The fourth-order valence-electron chi connectivity index (χ4n) is 0.809. The second kappa shape index (κ2) is 4.25. The third-order valence-electron chi connectivity index (χ3n) is 1.27. The molecule has 0 bridgehead atoms. The van der Waals surface area contributed by atoms with E-state index in [1.54, 1.807) is 37.3 Å². The third-order valence-corrected chi connectivity index (χ3v) is 2.32. The van der Waals surface area contributed by atoms with Gasteiger partial charge in [0, 0.05) is 6.54 Å². The van der Waals surface area contributed by atoms with Gasteiger partial charge in [0.25, 0.3) is 0 Å². The van der Waals surface area contributed by atoms with E-state index in [1.165, 1.54) is 0 Å². The Morgan fingerprint density at radius 3 is 2.46 bits per heavy atom. The van der Waals surface area contributed by atoms with Crippen molar-refractivity contribution < 1.29 is 12.6 Å². The van der Waals surface area contributed by atoms with Crippen LogP contribution in [0.2, 0.25) is 0 Å². The summed E-state index contributed by atoms with van der Waals surface area (Å²) in [6.07, 6.45) is 0. The van der Waals surface area contributed by atoms with Gasteiger partial charge in [0.05, 0.1) is 0 Å². The second-order valence-corrected chi connectivity index (χ2v) is 3.71. The first kappa shape index (κ1) is 10.0. The minimum atomic E-state index is -3.63. The van der Waals surface area contributed by atoms with Crippen LogP contribution in [0.3, 0.4) is 0 Å². The van der Waals surface area contributed by atoms with Gasteiger partial charge in [-0.05, 0) is 12.1 Å². The minimum Gasteiger partial charge on any atom is -0.371 e. The maximum atomic E-state index is 11.1. The summed E-state index contributed by atoms with van der Waals surface area (Å²) in [5.41, 5.74) is 0. The Hall–Kier alpha value is -1.07. The molecule has 0 fully saturated rings. The van der Waals surface area contributed by atoms with Crippen molar-refractivity contribution in [3.8, 4) is 5.75 Å². The van der Waals surface area contributed by atoms with E-state index in [1.807, 2.05) is 0 Å². The predicted octanol–water partition coefficient (Wildman–Crippen LogP) is 0.920. The molecule has 0 radical (unpaired) electrons. The third kappa shape index (κ3) is 3.43. The Morgan fingerprint density at radius 2 is 1.92 bits per heavy atom. The van der Waals surface area contributed by atoms with Crippen molar-refractivity contribution in [2.45, 2.75) is 6.92 Å². The molecule has 1 aromatic rings. The van der Waals surface area contributed by atoms with Crippen LogP contribution < -0.4 is 8.91 Å². The van der Waals surface area contributed by atoms with E-state index >= 15 is 0 Å². The van der Waals surface area contributed by atoms with Gasteiger partial charge in [-0.15, -0.1) is 0 Å². The van der Waals surface area contributed by atoms with Crippen LogP contribution in [0, 0.1) is 0 Å². The van der Waals surface area contributed by atoms with Gasteiger partial charge in [-0.2, -0.15) is 13.1 Å².